The van der Waals surface area contributed by atoms with Crippen molar-refractivity contribution in [2.45, 2.75) is 6.42 Å². The molecular formula is C17H16N6O. The van der Waals surface area contributed by atoms with E-state index >= 15 is 0 Å². The third-order valence-corrected chi connectivity index (χ3v) is 3.50. The van der Waals surface area contributed by atoms with E-state index in [4.69, 9.17) is 5.41 Å². The standard InChI is InChI=1S/C17H16N6O/c1-23-11-14(9-21-23)13(7-18)6-17-20-10-16(22-17)15-3-2-12(4-5-24)8-19-15/h2-3,5-11,18H,4H2,1H3,(H,20,22)/b13-6+,18-7?. The molecule has 3 heterocycles. The Labute approximate surface area is 138 Å². The summed E-state index contributed by atoms with van der Waals surface area (Å²) in [6, 6.07) is 3.71. The van der Waals surface area contributed by atoms with Gasteiger partial charge in [0.15, 0.2) is 0 Å². The highest BCUT2D eigenvalue weighted by Crippen LogP contribution is 2.18. The number of hydrogen-bond donors (Lipinski definition) is 2. The highest BCUT2D eigenvalue weighted by Gasteiger charge is 2.06. The van der Waals surface area contributed by atoms with Crippen molar-refractivity contribution in [3.05, 3.63) is 53.9 Å². The molecule has 2 N–H and O–H groups in total. The fourth-order valence-corrected chi connectivity index (χ4v) is 2.27. The molecule has 0 fully saturated rings. The van der Waals surface area contributed by atoms with Crippen LogP contribution in [0.1, 0.15) is 17.0 Å². The predicted molar refractivity (Wildman–Crippen MR) is 91.4 cm³/mol. The number of aldehydes is 1. The number of nitrogens with one attached hydrogen (secondary N) is 2. The third-order valence-electron chi connectivity index (χ3n) is 3.50. The second-order valence-corrected chi connectivity index (χ2v) is 5.25. The van der Waals surface area contributed by atoms with Gasteiger partial charge in [0, 0.05) is 43.2 Å². The molecule has 120 valence electrons. The number of carbonyl (C=O) groups is 1. The SMILES string of the molecule is Cn1cc(/C(C=N)=C/c2ncc(-c3ccc(CC=O)cn3)[nH]2)cn1. The number of allylic oxidation sites excluding steroid dienone is 1. The number of H-pyrrole nitrogens is 1. The Morgan fingerprint density at radius 1 is 1.29 bits per heavy atom. The lowest BCUT2D eigenvalue weighted by Crippen LogP contribution is -1.90. The van der Waals surface area contributed by atoms with Crippen LogP contribution in [0.5, 0.6) is 0 Å². The molecule has 0 saturated carbocycles. The van der Waals surface area contributed by atoms with Gasteiger partial charge >= 0.3 is 0 Å². The minimum Gasteiger partial charge on any atom is -0.337 e. The maximum Gasteiger partial charge on any atom is 0.131 e. The third kappa shape index (κ3) is 3.35. The first-order chi connectivity index (χ1) is 11.7. The Balaban J connectivity index is 1.85. The molecule has 24 heavy (non-hydrogen) atoms. The first-order valence-corrected chi connectivity index (χ1v) is 7.34. The Bertz CT molecular complexity index is 888. The molecule has 0 bridgehead atoms. The van der Waals surface area contributed by atoms with Crippen molar-refractivity contribution in [3.8, 4) is 11.4 Å². The van der Waals surface area contributed by atoms with E-state index in [1.165, 1.54) is 6.21 Å². The van der Waals surface area contributed by atoms with E-state index in [0.717, 1.165) is 28.8 Å². The molecule has 0 radical (unpaired) electrons. The topological polar surface area (TPSA) is 100 Å². The normalized spacial score (nSPS) is 11.5. The van der Waals surface area contributed by atoms with Gasteiger partial charge in [0.1, 0.15) is 12.1 Å². The van der Waals surface area contributed by atoms with E-state index in [1.807, 2.05) is 25.4 Å². The summed E-state index contributed by atoms with van der Waals surface area (Å²) in [5.41, 5.74) is 3.94. The molecule has 3 aromatic heterocycles. The van der Waals surface area contributed by atoms with E-state index < -0.39 is 0 Å². The van der Waals surface area contributed by atoms with E-state index in [0.29, 0.717) is 17.8 Å². The van der Waals surface area contributed by atoms with Gasteiger partial charge in [-0.2, -0.15) is 5.10 Å². The van der Waals surface area contributed by atoms with Crippen molar-refractivity contribution in [1.29, 1.82) is 5.41 Å². The second-order valence-electron chi connectivity index (χ2n) is 5.25. The van der Waals surface area contributed by atoms with Crippen molar-refractivity contribution in [2.24, 2.45) is 7.05 Å². The van der Waals surface area contributed by atoms with Crippen molar-refractivity contribution >= 4 is 24.1 Å². The summed E-state index contributed by atoms with van der Waals surface area (Å²) in [5.74, 6) is 0.631. The number of pyridine rings is 1. The second kappa shape index (κ2) is 6.82. The minimum atomic E-state index is 0.359. The van der Waals surface area contributed by atoms with Gasteiger partial charge in [-0.1, -0.05) is 6.07 Å². The molecule has 7 heteroatoms. The van der Waals surface area contributed by atoms with Crippen LogP contribution in [0.4, 0.5) is 0 Å². The van der Waals surface area contributed by atoms with Crippen LogP contribution in [-0.2, 0) is 18.3 Å². The largest absolute Gasteiger partial charge is 0.337 e. The zero-order valence-electron chi connectivity index (χ0n) is 13.1. The Hall–Kier alpha value is -3.35. The first kappa shape index (κ1) is 15.5. The van der Waals surface area contributed by atoms with Crippen LogP contribution in [0.3, 0.4) is 0 Å². The molecule has 0 atom stereocenters. The van der Waals surface area contributed by atoms with Crippen molar-refractivity contribution in [1.82, 2.24) is 24.7 Å². The number of nitrogens with zero attached hydrogens (tertiary/aromatic N) is 4. The van der Waals surface area contributed by atoms with Crippen LogP contribution in [0, 0.1) is 5.41 Å². The Kier molecular flexibility index (Phi) is 4.42. The highest BCUT2D eigenvalue weighted by molar-refractivity contribution is 6.14. The average molecular weight is 320 g/mol. The van der Waals surface area contributed by atoms with Crippen LogP contribution >= 0.6 is 0 Å². The first-order valence-electron chi connectivity index (χ1n) is 7.34. The van der Waals surface area contributed by atoms with Gasteiger partial charge in [0.2, 0.25) is 0 Å². The van der Waals surface area contributed by atoms with Crippen LogP contribution in [0.2, 0.25) is 0 Å². The maximum atomic E-state index is 10.5. The molecule has 0 aliphatic rings. The van der Waals surface area contributed by atoms with E-state index in [1.54, 1.807) is 29.3 Å². The van der Waals surface area contributed by atoms with Crippen LogP contribution in [-0.4, -0.2) is 37.2 Å². The number of imidazole rings is 1. The smallest absolute Gasteiger partial charge is 0.131 e. The van der Waals surface area contributed by atoms with Gasteiger partial charge in [0.25, 0.3) is 0 Å². The lowest BCUT2D eigenvalue weighted by Gasteiger charge is -1.98. The van der Waals surface area contributed by atoms with Gasteiger partial charge in [-0.05, 0) is 17.7 Å². The maximum absolute atomic E-state index is 10.5. The number of rotatable bonds is 6. The molecule has 3 aromatic rings. The highest BCUT2D eigenvalue weighted by atomic mass is 16.1. The van der Waals surface area contributed by atoms with Gasteiger partial charge < -0.3 is 15.2 Å². The van der Waals surface area contributed by atoms with Crippen molar-refractivity contribution in [2.75, 3.05) is 0 Å². The number of aromatic amines is 1. The number of carbonyl (C=O) groups excluding carboxylic acids is 1. The monoisotopic (exact) mass is 320 g/mol. The Morgan fingerprint density at radius 2 is 2.17 bits per heavy atom. The number of aromatic nitrogens is 5. The molecule has 0 unspecified atom stereocenters. The minimum absolute atomic E-state index is 0.359. The zero-order valence-corrected chi connectivity index (χ0v) is 13.1. The summed E-state index contributed by atoms with van der Waals surface area (Å²) < 4.78 is 1.69. The van der Waals surface area contributed by atoms with Gasteiger partial charge in [-0.15, -0.1) is 0 Å². The molecule has 0 aromatic carbocycles. The molecule has 0 spiro atoms. The molecule has 0 aliphatic heterocycles. The summed E-state index contributed by atoms with van der Waals surface area (Å²) in [7, 11) is 1.83. The predicted octanol–water partition coefficient (Wildman–Crippen LogP) is 2.14. The lowest BCUT2D eigenvalue weighted by atomic mass is 10.1. The van der Waals surface area contributed by atoms with Crippen LogP contribution in [0.15, 0.2) is 36.9 Å². The summed E-state index contributed by atoms with van der Waals surface area (Å²) in [5, 5.41) is 11.7. The van der Waals surface area contributed by atoms with Gasteiger partial charge in [-0.25, -0.2) is 4.98 Å². The molecule has 0 amide bonds. The van der Waals surface area contributed by atoms with Crippen LogP contribution < -0.4 is 0 Å². The summed E-state index contributed by atoms with van der Waals surface area (Å²) in [4.78, 5) is 22.3. The summed E-state index contributed by atoms with van der Waals surface area (Å²) in [6.07, 6.45) is 11.2. The average Bonchev–Trinajstić information content (AvgIpc) is 3.23. The van der Waals surface area contributed by atoms with E-state index in [9.17, 15) is 4.79 Å². The quantitative estimate of drug-likeness (QED) is 0.537. The summed E-state index contributed by atoms with van der Waals surface area (Å²) in [6.45, 7) is 0. The zero-order chi connectivity index (χ0) is 16.9. The number of aryl methyl sites for hydroxylation is 1. The van der Waals surface area contributed by atoms with Gasteiger partial charge in [-0.3, -0.25) is 9.67 Å². The molecular weight excluding hydrogens is 304 g/mol. The molecule has 0 aliphatic carbocycles. The van der Waals surface area contributed by atoms with Crippen molar-refractivity contribution < 1.29 is 4.79 Å². The number of hydrogen-bond acceptors (Lipinski definition) is 5. The summed E-state index contributed by atoms with van der Waals surface area (Å²) >= 11 is 0. The van der Waals surface area contributed by atoms with Gasteiger partial charge in [0.05, 0.1) is 23.8 Å². The molecule has 3 rings (SSSR count). The fraction of sp³-hybridized carbons (Fsp3) is 0.118. The van der Waals surface area contributed by atoms with Crippen LogP contribution in [0.25, 0.3) is 23.0 Å². The van der Waals surface area contributed by atoms with E-state index in [2.05, 4.69) is 20.1 Å². The molecule has 7 nitrogen and oxygen atoms in total. The van der Waals surface area contributed by atoms with E-state index in [-0.39, 0.29) is 0 Å². The Morgan fingerprint density at radius 3 is 2.79 bits per heavy atom. The molecule has 0 saturated heterocycles. The lowest BCUT2D eigenvalue weighted by molar-refractivity contribution is -0.107. The van der Waals surface area contributed by atoms with Crippen molar-refractivity contribution in [3.63, 3.8) is 0 Å². The fourth-order valence-electron chi connectivity index (χ4n) is 2.27.